The fourth-order valence-electron chi connectivity index (χ4n) is 4.05. The van der Waals surface area contributed by atoms with E-state index in [1.54, 1.807) is 36.9 Å². The number of hydrogen-bond donors (Lipinski definition) is 3. The van der Waals surface area contributed by atoms with E-state index in [2.05, 4.69) is 15.6 Å². The monoisotopic (exact) mass is 419 g/mol. The molecule has 5 rings (SSSR count). The van der Waals surface area contributed by atoms with Crippen molar-refractivity contribution in [1.82, 2.24) is 24.8 Å². The highest BCUT2D eigenvalue weighted by Crippen LogP contribution is 2.34. The molecule has 156 valence electrons. The standard InChI is InChI=1S/C22H18FN5O3/c1-27-12-24-9-18(27)13-2-5-15(6-3-13)22(20(30)25-21(31)26-22)11-28-10-14-4-7-16(23)8-17(14)19(28)29/h2-10,12,29H,11H2,1H3,(H2,25,26,30,31)/t22-/m0/s1. The van der Waals surface area contributed by atoms with Crippen LogP contribution in [-0.2, 0) is 23.9 Å². The zero-order valence-electron chi connectivity index (χ0n) is 16.5. The van der Waals surface area contributed by atoms with Crippen molar-refractivity contribution < 1.29 is 19.1 Å². The third kappa shape index (κ3) is 2.93. The Morgan fingerprint density at radius 2 is 1.94 bits per heavy atom. The molecule has 31 heavy (non-hydrogen) atoms. The predicted octanol–water partition coefficient (Wildman–Crippen LogP) is 2.62. The van der Waals surface area contributed by atoms with Gasteiger partial charge in [0.05, 0.1) is 24.8 Å². The molecule has 0 spiro atoms. The second-order valence-corrected chi connectivity index (χ2v) is 7.59. The van der Waals surface area contributed by atoms with Gasteiger partial charge in [-0.25, -0.2) is 14.2 Å². The molecule has 2 aromatic heterocycles. The van der Waals surface area contributed by atoms with Crippen LogP contribution >= 0.6 is 0 Å². The van der Waals surface area contributed by atoms with Crippen LogP contribution in [0.3, 0.4) is 0 Å². The number of amides is 3. The highest BCUT2D eigenvalue weighted by molar-refractivity contribution is 6.07. The Balaban J connectivity index is 1.58. The van der Waals surface area contributed by atoms with E-state index in [4.69, 9.17) is 0 Å². The maximum atomic E-state index is 13.6. The van der Waals surface area contributed by atoms with Crippen molar-refractivity contribution in [2.75, 3.05) is 0 Å². The van der Waals surface area contributed by atoms with Crippen molar-refractivity contribution in [1.29, 1.82) is 0 Å². The lowest BCUT2D eigenvalue weighted by molar-refractivity contribution is -0.124. The largest absolute Gasteiger partial charge is 0.494 e. The number of carbonyl (C=O) groups excluding carboxylic acids is 2. The van der Waals surface area contributed by atoms with Gasteiger partial charge in [-0.1, -0.05) is 24.3 Å². The molecule has 1 atom stereocenters. The minimum absolute atomic E-state index is 0.0717. The van der Waals surface area contributed by atoms with E-state index in [-0.39, 0.29) is 12.4 Å². The van der Waals surface area contributed by atoms with Gasteiger partial charge in [0.25, 0.3) is 5.91 Å². The van der Waals surface area contributed by atoms with Crippen LogP contribution in [0.1, 0.15) is 5.56 Å². The number of halogens is 1. The lowest BCUT2D eigenvalue weighted by Crippen LogP contribution is -2.47. The number of imide groups is 1. The molecule has 0 radical (unpaired) electrons. The van der Waals surface area contributed by atoms with E-state index < -0.39 is 23.3 Å². The maximum Gasteiger partial charge on any atom is 0.322 e. The Morgan fingerprint density at radius 3 is 2.58 bits per heavy atom. The number of rotatable bonds is 4. The van der Waals surface area contributed by atoms with Crippen molar-refractivity contribution in [2.45, 2.75) is 12.1 Å². The molecule has 3 heterocycles. The van der Waals surface area contributed by atoms with Crippen LogP contribution in [0.4, 0.5) is 9.18 Å². The minimum atomic E-state index is -1.44. The summed E-state index contributed by atoms with van der Waals surface area (Å²) in [6.07, 6.45) is 5.04. The molecule has 0 saturated carbocycles. The number of nitrogens with zero attached hydrogens (tertiary/aromatic N) is 3. The quantitative estimate of drug-likeness (QED) is 0.443. The molecule has 0 bridgehead atoms. The first-order chi connectivity index (χ1) is 14.9. The number of hydrogen-bond acceptors (Lipinski definition) is 4. The van der Waals surface area contributed by atoms with Crippen molar-refractivity contribution in [3.05, 3.63) is 72.6 Å². The zero-order chi connectivity index (χ0) is 21.8. The molecule has 2 aromatic carbocycles. The number of aromatic nitrogens is 3. The van der Waals surface area contributed by atoms with Crippen LogP contribution in [0.15, 0.2) is 61.2 Å². The normalized spacial score (nSPS) is 18.4. The van der Waals surface area contributed by atoms with Gasteiger partial charge in [0.15, 0.2) is 11.4 Å². The van der Waals surface area contributed by atoms with Crippen LogP contribution in [0.5, 0.6) is 5.88 Å². The highest BCUT2D eigenvalue weighted by Gasteiger charge is 2.48. The molecule has 8 nitrogen and oxygen atoms in total. The van der Waals surface area contributed by atoms with Crippen LogP contribution in [-0.4, -0.2) is 31.2 Å². The van der Waals surface area contributed by atoms with E-state index in [1.165, 1.54) is 16.7 Å². The molecule has 4 aromatic rings. The zero-order valence-corrected chi connectivity index (χ0v) is 16.5. The molecule has 0 aliphatic carbocycles. The Bertz CT molecular complexity index is 1340. The number of nitrogens with one attached hydrogen (secondary N) is 2. The summed E-state index contributed by atoms with van der Waals surface area (Å²) < 4.78 is 16.9. The lowest BCUT2D eigenvalue weighted by atomic mass is 9.89. The van der Waals surface area contributed by atoms with E-state index in [0.717, 1.165) is 11.3 Å². The molecule has 3 N–H and O–H groups in total. The van der Waals surface area contributed by atoms with Crippen LogP contribution in [0.25, 0.3) is 22.0 Å². The summed E-state index contributed by atoms with van der Waals surface area (Å²) >= 11 is 0. The predicted molar refractivity (Wildman–Crippen MR) is 111 cm³/mol. The van der Waals surface area contributed by atoms with Crippen molar-refractivity contribution in [3.63, 3.8) is 0 Å². The second kappa shape index (κ2) is 6.69. The average molecular weight is 419 g/mol. The van der Waals surface area contributed by atoms with E-state index in [0.29, 0.717) is 16.3 Å². The number of aromatic hydroxyl groups is 1. The van der Waals surface area contributed by atoms with Gasteiger partial charge < -0.3 is 19.6 Å². The Morgan fingerprint density at radius 1 is 1.16 bits per heavy atom. The number of fused-ring (bicyclic) bond motifs is 1. The van der Waals surface area contributed by atoms with E-state index >= 15 is 0 Å². The van der Waals surface area contributed by atoms with Gasteiger partial charge in [-0.05, 0) is 29.3 Å². The second-order valence-electron chi connectivity index (χ2n) is 7.59. The number of aryl methyl sites for hydroxylation is 1. The fourth-order valence-corrected chi connectivity index (χ4v) is 4.05. The summed E-state index contributed by atoms with van der Waals surface area (Å²) in [7, 11) is 1.88. The van der Waals surface area contributed by atoms with Crippen LogP contribution in [0, 0.1) is 5.82 Å². The first-order valence-corrected chi connectivity index (χ1v) is 9.55. The number of urea groups is 1. The van der Waals surface area contributed by atoms with Crippen molar-refractivity contribution >= 4 is 22.7 Å². The molecular weight excluding hydrogens is 401 g/mol. The third-order valence-electron chi connectivity index (χ3n) is 5.66. The van der Waals surface area contributed by atoms with Crippen LogP contribution < -0.4 is 10.6 Å². The summed E-state index contributed by atoms with van der Waals surface area (Å²) in [6.45, 7) is -0.0717. The summed E-state index contributed by atoms with van der Waals surface area (Å²) in [5.74, 6) is -1.20. The summed E-state index contributed by atoms with van der Waals surface area (Å²) in [5, 5.41) is 16.6. The number of benzene rings is 2. The first-order valence-electron chi connectivity index (χ1n) is 9.55. The van der Waals surface area contributed by atoms with Crippen molar-refractivity contribution in [2.24, 2.45) is 7.05 Å². The highest BCUT2D eigenvalue weighted by atomic mass is 19.1. The Labute approximate surface area is 175 Å². The first kappa shape index (κ1) is 18.9. The van der Waals surface area contributed by atoms with Crippen molar-refractivity contribution in [3.8, 4) is 17.1 Å². The van der Waals surface area contributed by atoms with Gasteiger partial charge in [-0.3, -0.25) is 10.1 Å². The van der Waals surface area contributed by atoms with E-state index in [1.807, 2.05) is 23.7 Å². The molecule has 1 aliphatic rings. The molecule has 1 fully saturated rings. The molecule has 3 amide bonds. The smallest absolute Gasteiger partial charge is 0.322 e. The lowest BCUT2D eigenvalue weighted by Gasteiger charge is -2.27. The molecule has 1 saturated heterocycles. The van der Waals surface area contributed by atoms with Crippen LogP contribution in [0.2, 0.25) is 0 Å². The summed E-state index contributed by atoms with van der Waals surface area (Å²) in [4.78, 5) is 29.1. The average Bonchev–Trinajstić information content (AvgIpc) is 3.39. The molecule has 1 aliphatic heterocycles. The van der Waals surface area contributed by atoms with Gasteiger partial charge in [0.2, 0.25) is 0 Å². The Hall–Kier alpha value is -4.14. The van der Waals surface area contributed by atoms with Gasteiger partial charge in [-0.2, -0.15) is 0 Å². The molecule has 9 heteroatoms. The summed E-state index contributed by atoms with van der Waals surface area (Å²) in [6, 6.07) is 10.6. The van der Waals surface area contributed by atoms with Gasteiger partial charge in [-0.15, -0.1) is 0 Å². The Kier molecular flexibility index (Phi) is 4.07. The van der Waals surface area contributed by atoms with Gasteiger partial charge in [0, 0.05) is 24.0 Å². The molecular formula is C22H18FN5O3. The fraction of sp³-hybridized carbons (Fsp3) is 0.136. The number of imidazole rings is 1. The summed E-state index contributed by atoms with van der Waals surface area (Å²) in [5.41, 5.74) is 0.906. The SMILES string of the molecule is Cn1cncc1-c1ccc([C@]2(Cn3cc4ccc(F)cc4c3O)NC(=O)NC2=O)cc1. The third-order valence-corrected chi connectivity index (χ3v) is 5.66. The number of carbonyl (C=O) groups is 2. The topological polar surface area (TPSA) is 101 Å². The maximum absolute atomic E-state index is 13.6. The molecule has 0 unspecified atom stereocenters. The van der Waals surface area contributed by atoms with Gasteiger partial charge in [0.1, 0.15) is 5.82 Å². The van der Waals surface area contributed by atoms with E-state index in [9.17, 15) is 19.1 Å². The minimum Gasteiger partial charge on any atom is -0.494 e. The van der Waals surface area contributed by atoms with Gasteiger partial charge >= 0.3 is 6.03 Å².